The van der Waals surface area contributed by atoms with E-state index in [4.69, 9.17) is 0 Å². The van der Waals surface area contributed by atoms with Crippen LogP contribution >= 0.6 is 0 Å². The zero-order chi connectivity index (χ0) is 13.3. The number of hydrogen-bond donors (Lipinski definition) is 0. The van der Waals surface area contributed by atoms with E-state index >= 15 is 0 Å². The Morgan fingerprint density at radius 1 is 1.22 bits per heavy atom. The van der Waals surface area contributed by atoms with Crippen LogP contribution in [0.25, 0.3) is 0 Å². The van der Waals surface area contributed by atoms with Crippen molar-refractivity contribution in [1.29, 1.82) is 0 Å². The van der Waals surface area contributed by atoms with Crippen molar-refractivity contribution < 1.29 is 17.6 Å². The summed E-state index contributed by atoms with van der Waals surface area (Å²) in [4.78, 5) is 11.2. The van der Waals surface area contributed by atoms with E-state index in [0.717, 1.165) is 6.07 Å². The van der Waals surface area contributed by atoms with E-state index in [9.17, 15) is 17.6 Å². The fourth-order valence-electron chi connectivity index (χ4n) is 1.90. The van der Waals surface area contributed by atoms with Gasteiger partial charge in [-0.1, -0.05) is 0 Å². The van der Waals surface area contributed by atoms with Crippen molar-refractivity contribution in [2.45, 2.75) is 24.7 Å². The molecule has 1 aliphatic heterocycles. The molecule has 0 atom stereocenters. The van der Waals surface area contributed by atoms with Crippen LogP contribution in [0, 0.1) is 12.7 Å². The summed E-state index contributed by atoms with van der Waals surface area (Å²) in [7, 11) is -3.61. The molecule has 1 aromatic carbocycles. The second-order valence-corrected chi connectivity index (χ2v) is 6.29. The van der Waals surface area contributed by atoms with Crippen molar-refractivity contribution in [3.63, 3.8) is 0 Å². The minimum absolute atomic E-state index is 0.0794. The summed E-state index contributed by atoms with van der Waals surface area (Å²) < 4.78 is 38.9. The molecule has 0 radical (unpaired) electrons. The first kappa shape index (κ1) is 13.2. The first-order valence-corrected chi connectivity index (χ1v) is 7.13. The Balaban J connectivity index is 2.30. The maximum atomic E-state index is 13.1. The van der Waals surface area contributed by atoms with Crippen LogP contribution in [0.5, 0.6) is 0 Å². The van der Waals surface area contributed by atoms with Crippen molar-refractivity contribution in [1.82, 2.24) is 4.31 Å². The molecule has 18 heavy (non-hydrogen) atoms. The van der Waals surface area contributed by atoms with Crippen LogP contribution in [0.15, 0.2) is 23.1 Å². The van der Waals surface area contributed by atoms with Gasteiger partial charge in [-0.25, -0.2) is 12.8 Å². The van der Waals surface area contributed by atoms with E-state index in [2.05, 4.69) is 0 Å². The Kier molecular flexibility index (Phi) is 3.49. The number of aryl methyl sites for hydroxylation is 1. The lowest BCUT2D eigenvalue weighted by atomic mass is 10.1. The zero-order valence-electron chi connectivity index (χ0n) is 10.0. The molecule has 2 rings (SSSR count). The van der Waals surface area contributed by atoms with Crippen molar-refractivity contribution in [3.05, 3.63) is 29.6 Å². The van der Waals surface area contributed by atoms with Crippen LogP contribution in [0.3, 0.4) is 0 Å². The summed E-state index contributed by atoms with van der Waals surface area (Å²) in [6.45, 7) is 1.93. The number of sulfonamides is 1. The van der Waals surface area contributed by atoms with Gasteiger partial charge >= 0.3 is 0 Å². The van der Waals surface area contributed by atoms with Crippen molar-refractivity contribution in [2.75, 3.05) is 13.1 Å². The summed E-state index contributed by atoms with van der Waals surface area (Å²) in [5.41, 5.74) is 0.296. The van der Waals surface area contributed by atoms with Gasteiger partial charge in [-0.2, -0.15) is 4.31 Å². The smallest absolute Gasteiger partial charge is 0.243 e. The van der Waals surface area contributed by atoms with Gasteiger partial charge in [0.05, 0.1) is 4.90 Å². The largest absolute Gasteiger partial charge is 0.300 e. The Morgan fingerprint density at radius 2 is 1.83 bits per heavy atom. The third kappa shape index (κ3) is 2.44. The van der Waals surface area contributed by atoms with Crippen LogP contribution in [-0.4, -0.2) is 31.6 Å². The predicted octanol–water partition coefficient (Wildman–Crippen LogP) is 1.49. The van der Waals surface area contributed by atoms with Crippen LogP contribution in [0.1, 0.15) is 18.4 Å². The number of Topliss-reactive ketones (excluding diaryl/α,β-unsaturated/α-hetero) is 1. The highest BCUT2D eigenvalue weighted by molar-refractivity contribution is 7.89. The van der Waals surface area contributed by atoms with Gasteiger partial charge in [0.1, 0.15) is 11.6 Å². The molecule has 0 aromatic heterocycles. The number of benzene rings is 1. The number of hydrogen-bond acceptors (Lipinski definition) is 3. The average Bonchev–Trinajstić information content (AvgIpc) is 2.33. The monoisotopic (exact) mass is 271 g/mol. The van der Waals surface area contributed by atoms with E-state index < -0.39 is 15.8 Å². The molecule has 0 N–H and O–H groups in total. The molecule has 0 bridgehead atoms. The topological polar surface area (TPSA) is 54.5 Å². The van der Waals surface area contributed by atoms with Gasteiger partial charge < -0.3 is 0 Å². The standard InChI is InChI=1S/C12H14FNO3S/c1-9-8-11(2-3-12(9)13)18(16,17)14-6-4-10(15)5-7-14/h2-3,8H,4-7H2,1H3. The van der Waals surface area contributed by atoms with Gasteiger partial charge in [0.15, 0.2) is 0 Å². The van der Waals surface area contributed by atoms with E-state index in [-0.39, 0.29) is 36.6 Å². The van der Waals surface area contributed by atoms with E-state index in [1.807, 2.05) is 0 Å². The van der Waals surface area contributed by atoms with Crippen LogP contribution in [-0.2, 0) is 14.8 Å². The van der Waals surface area contributed by atoms with Gasteiger partial charge in [0, 0.05) is 25.9 Å². The first-order valence-electron chi connectivity index (χ1n) is 5.69. The average molecular weight is 271 g/mol. The molecule has 0 aliphatic carbocycles. The minimum atomic E-state index is -3.61. The quantitative estimate of drug-likeness (QED) is 0.819. The molecule has 6 heteroatoms. The molecule has 1 fully saturated rings. The number of piperidine rings is 1. The maximum Gasteiger partial charge on any atom is 0.243 e. The lowest BCUT2D eigenvalue weighted by Gasteiger charge is -2.25. The highest BCUT2D eigenvalue weighted by atomic mass is 32.2. The van der Waals surface area contributed by atoms with Gasteiger partial charge in [-0.3, -0.25) is 4.79 Å². The number of ketones is 1. The Hall–Kier alpha value is -1.27. The first-order chi connectivity index (χ1) is 8.41. The number of carbonyl (C=O) groups excluding carboxylic acids is 1. The molecule has 0 unspecified atom stereocenters. The molecule has 4 nitrogen and oxygen atoms in total. The zero-order valence-corrected chi connectivity index (χ0v) is 10.8. The van der Waals surface area contributed by atoms with Crippen LogP contribution in [0.4, 0.5) is 4.39 Å². The van der Waals surface area contributed by atoms with Crippen molar-refractivity contribution in [2.24, 2.45) is 0 Å². The molecule has 1 saturated heterocycles. The summed E-state index contributed by atoms with van der Waals surface area (Å²) in [5.74, 6) is -0.348. The molecule has 1 aliphatic rings. The Bertz CT molecular complexity index is 573. The second kappa shape index (κ2) is 4.78. The lowest BCUT2D eigenvalue weighted by molar-refractivity contribution is -0.120. The van der Waals surface area contributed by atoms with Gasteiger partial charge in [0.2, 0.25) is 10.0 Å². The van der Waals surface area contributed by atoms with Crippen LogP contribution < -0.4 is 0 Å². The number of rotatable bonds is 2. The van der Waals surface area contributed by atoms with Gasteiger partial charge in [-0.15, -0.1) is 0 Å². The normalized spacial score (nSPS) is 18.0. The number of halogens is 1. The second-order valence-electron chi connectivity index (χ2n) is 4.35. The summed E-state index contributed by atoms with van der Waals surface area (Å²) in [5, 5.41) is 0. The highest BCUT2D eigenvalue weighted by Gasteiger charge is 2.28. The molecular weight excluding hydrogens is 257 g/mol. The molecular formula is C12H14FNO3S. The number of nitrogens with zero attached hydrogens (tertiary/aromatic N) is 1. The lowest BCUT2D eigenvalue weighted by Crippen LogP contribution is -2.38. The molecule has 0 saturated carbocycles. The maximum absolute atomic E-state index is 13.1. The third-order valence-corrected chi connectivity index (χ3v) is 4.94. The third-order valence-electron chi connectivity index (χ3n) is 3.05. The van der Waals surface area contributed by atoms with Gasteiger partial charge in [-0.05, 0) is 30.7 Å². The molecule has 98 valence electrons. The van der Waals surface area contributed by atoms with Crippen LogP contribution in [0.2, 0.25) is 0 Å². The molecule has 1 heterocycles. The summed E-state index contributed by atoms with van der Waals surface area (Å²) in [6, 6.07) is 3.73. The van der Waals surface area contributed by atoms with E-state index in [1.54, 1.807) is 0 Å². The Morgan fingerprint density at radius 3 is 2.39 bits per heavy atom. The fourth-order valence-corrected chi connectivity index (χ4v) is 3.43. The number of carbonyl (C=O) groups is 1. The highest BCUT2D eigenvalue weighted by Crippen LogP contribution is 2.21. The van der Waals surface area contributed by atoms with Crippen molar-refractivity contribution in [3.8, 4) is 0 Å². The molecule has 0 spiro atoms. The van der Waals surface area contributed by atoms with E-state index in [1.165, 1.54) is 23.4 Å². The minimum Gasteiger partial charge on any atom is -0.300 e. The Labute approximate surface area is 105 Å². The fraction of sp³-hybridized carbons (Fsp3) is 0.417. The molecule has 0 amide bonds. The molecule has 1 aromatic rings. The van der Waals surface area contributed by atoms with E-state index in [0.29, 0.717) is 5.56 Å². The van der Waals surface area contributed by atoms with Gasteiger partial charge in [0.25, 0.3) is 0 Å². The summed E-state index contributed by atoms with van der Waals surface area (Å²) in [6.07, 6.45) is 0.499. The predicted molar refractivity (Wildman–Crippen MR) is 64.1 cm³/mol. The van der Waals surface area contributed by atoms with Crippen molar-refractivity contribution >= 4 is 15.8 Å². The summed E-state index contributed by atoms with van der Waals surface area (Å²) >= 11 is 0. The SMILES string of the molecule is Cc1cc(S(=O)(=O)N2CCC(=O)CC2)ccc1F.